The maximum absolute atomic E-state index is 9.60. The summed E-state index contributed by atoms with van der Waals surface area (Å²) in [5.74, 6) is 4.40. The van der Waals surface area contributed by atoms with Crippen LogP contribution in [0.5, 0.6) is 0 Å². The van der Waals surface area contributed by atoms with E-state index in [9.17, 15) is 5.11 Å². The van der Waals surface area contributed by atoms with Gasteiger partial charge in [-0.15, -0.1) is 0 Å². The topological polar surface area (TPSA) is 20.2 Å². The summed E-state index contributed by atoms with van der Waals surface area (Å²) >= 11 is 0. The second-order valence-electron chi connectivity index (χ2n) is 10.0. The van der Waals surface area contributed by atoms with E-state index in [1.165, 1.54) is 57.8 Å². The first-order valence-electron chi connectivity index (χ1n) is 10.2. The maximum atomic E-state index is 9.60. The van der Waals surface area contributed by atoms with Crippen LogP contribution in [0.1, 0.15) is 78.6 Å². The average Bonchev–Trinajstić information content (AvgIpc) is 2.91. The molecule has 0 radical (unpaired) electrons. The minimum absolute atomic E-state index is 0.423. The number of aliphatic hydroxyl groups is 1. The molecule has 0 aliphatic heterocycles. The quantitative estimate of drug-likeness (QED) is 0.626. The Hall–Kier alpha value is -0.300. The van der Waals surface area contributed by atoms with Gasteiger partial charge in [0.25, 0.3) is 0 Å². The molecule has 4 aliphatic carbocycles. The van der Waals surface area contributed by atoms with Crippen LogP contribution in [0.2, 0.25) is 0 Å². The fourth-order valence-electron chi connectivity index (χ4n) is 7.62. The summed E-state index contributed by atoms with van der Waals surface area (Å²) in [6, 6.07) is 0. The monoisotopic (exact) mass is 316 g/mol. The van der Waals surface area contributed by atoms with Gasteiger partial charge in [0.1, 0.15) is 0 Å². The van der Waals surface area contributed by atoms with E-state index < -0.39 is 0 Å². The maximum Gasteiger partial charge on any atom is 0.0459 e. The van der Waals surface area contributed by atoms with Gasteiger partial charge in [0, 0.05) is 6.61 Å². The van der Waals surface area contributed by atoms with E-state index in [2.05, 4.69) is 26.8 Å². The van der Waals surface area contributed by atoms with Crippen molar-refractivity contribution < 1.29 is 5.11 Å². The molecule has 4 fully saturated rings. The predicted octanol–water partition coefficient (Wildman–Crippen LogP) is 5.58. The summed E-state index contributed by atoms with van der Waals surface area (Å²) in [6.45, 7) is 7.91. The lowest BCUT2D eigenvalue weighted by Crippen LogP contribution is -2.52. The number of allylic oxidation sites excluding steroid dienone is 2. The van der Waals surface area contributed by atoms with Gasteiger partial charge < -0.3 is 5.11 Å². The fourth-order valence-corrected chi connectivity index (χ4v) is 7.62. The molecular weight excluding hydrogens is 280 g/mol. The van der Waals surface area contributed by atoms with E-state index in [4.69, 9.17) is 0 Å². The standard InChI is InChI=1S/C22H36O/c1-4-15-12-20-18-6-5-17-11-16(14-23)7-10-22(17,3)19(18)8-9-21(20,2)13-15/h4,16-20,23H,5-14H2,1-3H3/t16-,17+,18-,19+,20+,21-,22+/m0/s1. The first kappa shape index (κ1) is 16.2. The molecule has 4 rings (SSSR count). The molecule has 130 valence electrons. The van der Waals surface area contributed by atoms with Crippen LogP contribution < -0.4 is 0 Å². The van der Waals surface area contributed by atoms with E-state index in [1.807, 2.05) is 0 Å². The highest BCUT2D eigenvalue weighted by Gasteiger charge is 2.58. The van der Waals surface area contributed by atoms with E-state index in [-0.39, 0.29) is 0 Å². The molecule has 0 saturated heterocycles. The van der Waals surface area contributed by atoms with Gasteiger partial charge in [-0.3, -0.25) is 0 Å². The smallest absolute Gasteiger partial charge is 0.0459 e. The van der Waals surface area contributed by atoms with Gasteiger partial charge in [-0.05, 0) is 105 Å². The number of rotatable bonds is 1. The van der Waals surface area contributed by atoms with Crippen molar-refractivity contribution in [3.05, 3.63) is 11.6 Å². The van der Waals surface area contributed by atoms with Crippen molar-refractivity contribution in [1.29, 1.82) is 0 Å². The molecule has 4 aliphatic rings. The Balaban J connectivity index is 1.59. The third-order valence-corrected chi connectivity index (χ3v) is 9.07. The molecule has 0 unspecified atom stereocenters. The van der Waals surface area contributed by atoms with Crippen molar-refractivity contribution >= 4 is 0 Å². The molecule has 1 nitrogen and oxygen atoms in total. The Labute approximate surface area is 142 Å². The minimum Gasteiger partial charge on any atom is -0.396 e. The van der Waals surface area contributed by atoms with Crippen molar-refractivity contribution in [1.82, 2.24) is 0 Å². The van der Waals surface area contributed by atoms with Crippen molar-refractivity contribution in [3.8, 4) is 0 Å². The molecule has 1 heteroatoms. The van der Waals surface area contributed by atoms with E-state index in [1.54, 1.807) is 5.57 Å². The molecule has 7 atom stereocenters. The van der Waals surface area contributed by atoms with Gasteiger partial charge in [0.2, 0.25) is 0 Å². The van der Waals surface area contributed by atoms with E-state index in [0.717, 1.165) is 23.7 Å². The Morgan fingerprint density at radius 2 is 1.91 bits per heavy atom. The second-order valence-corrected chi connectivity index (χ2v) is 10.0. The first-order valence-corrected chi connectivity index (χ1v) is 10.2. The lowest BCUT2D eigenvalue weighted by Gasteiger charge is -2.60. The van der Waals surface area contributed by atoms with Crippen LogP contribution in [-0.2, 0) is 0 Å². The summed E-state index contributed by atoms with van der Waals surface area (Å²) in [4.78, 5) is 0. The molecule has 23 heavy (non-hydrogen) atoms. The fraction of sp³-hybridized carbons (Fsp3) is 0.909. The Kier molecular flexibility index (Phi) is 3.95. The minimum atomic E-state index is 0.423. The van der Waals surface area contributed by atoms with Gasteiger partial charge in [-0.2, -0.15) is 0 Å². The molecule has 0 amide bonds. The molecule has 0 aromatic carbocycles. The lowest BCUT2D eigenvalue weighted by molar-refractivity contribution is -0.114. The molecule has 0 heterocycles. The van der Waals surface area contributed by atoms with Crippen LogP contribution >= 0.6 is 0 Å². The summed E-state index contributed by atoms with van der Waals surface area (Å²) in [7, 11) is 0. The Morgan fingerprint density at radius 3 is 2.65 bits per heavy atom. The van der Waals surface area contributed by atoms with Crippen molar-refractivity contribution in [2.45, 2.75) is 78.6 Å². The first-order chi connectivity index (χ1) is 11.0. The molecule has 1 N–H and O–H groups in total. The highest BCUT2D eigenvalue weighted by molar-refractivity contribution is 5.18. The molecule has 0 aromatic heterocycles. The van der Waals surface area contributed by atoms with Crippen LogP contribution in [0.4, 0.5) is 0 Å². The van der Waals surface area contributed by atoms with E-state index in [0.29, 0.717) is 23.4 Å². The van der Waals surface area contributed by atoms with Crippen molar-refractivity contribution in [2.24, 2.45) is 40.4 Å². The van der Waals surface area contributed by atoms with Crippen LogP contribution in [0.25, 0.3) is 0 Å². The summed E-state index contributed by atoms with van der Waals surface area (Å²) < 4.78 is 0. The average molecular weight is 317 g/mol. The molecule has 4 saturated carbocycles. The summed E-state index contributed by atoms with van der Waals surface area (Å²) in [5.41, 5.74) is 2.93. The number of hydrogen-bond donors (Lipinski definition) is 1. The van der Waals surface area contributed by atoms with Crippen molar-refractivity contribution in [2.75, 3.05) is 6.61 Å². The Morgan fingerprint density at radius 1 is 1.09 bits per heavy atom. The summed E-state index contributed by atoms with van der Waals surface area (Å²) in [6.07, 6.45) is 15.0. The van der Waals surface area contributed by atoms with Crippen LogP contribution in [0, 0.1) is 40.4 Å². The largest absolute Gasteiger partial charge is 0.396 e. The van der Waals surface area contributed by atoms with Crippen LogP contribution in [0.15, 0.2) is 11.6 Å². The number of fused-ring (bicyclic) bond motifs is 5. The highest BCUT2D eigenvalue weighted by atomic mass is 16.3. The van der Waals surface area contributed by atoms with Gasteiger partial charge in [0.05, 0.1) is 0 Å². The zero-order valence-corrected chi connectivity index (χ0v) is 15.5. The Bertz CT molecular complexity index is 494. The number of aliphatic hydroxyl groups excluding tert-OH is 1. The molecule has 0 aromatic rings. The third-order valence-electron chi connectivity index (χ3n) is 9.07. The molecular formula is C22H36O. The summed E-state index contributed by atoms with van der Waals surface area (Å²) in [5, 5.41) is 9.60. The van der Waals surface area contributed by atoms with E-state index >= 15 is 0 Å². The van der Waals surface area contributed by atoms with Gasteiger partial charge in [-0.25, -0.2) is 0 Å². The molecule has 0 bridgehead atoms. The zero-order chi connectivity index (χ0) is 16.2. The SMILES string of the molecule is CC=C1C[C@@H]2[C@H]3CC[C@@H]4C[C@@H](CO)CC[C@@]4(C)[C@@H]3CC[C@@]2(C)C1. The van der Waals surface area contributed by atoms with Gasteiger partial charge in [-0.1, -0.05) is 25.5 Å². The number of hydrogen-bond acceptors (Lipinski definition) is 1. The molecule has 0 spiro atoms. The van der Waals surface area contributed by atoms with Gasteiger partial charge in [0.15, 0.2) is 0 Å². The second kappa shape index (κ2) is 5.61. The normalized spacial score (nSPS) is 54.4. The predicted molar refractivity (Wildman–Crippen MR) is 96.1 cm³/mol. The zero-order valence-electron chi connectivity index (χ0n) is 15.5. The van der Waals surface area contributed by atoms with Crippen LogP contribution in [0.3, 0.4) is 0 Å². The van der Waals surface area contributed by atoms with Crippen molar-refractivity contribution in [3.63, 3.8) is 0 Å². The third kappa shape index (κ3) is 2.36. The highest BCUT2D eigenvalue weighted by Crippen LogP contribution is 2.67. The van der Waals surface area contributed by atoms with Crippen LogP contribution in [-0.4, -0.2) is 11.7 Å². The lowest BCUT2D eigenvalue weighted by atomic mass is 9.45. The van der Waals surface area contributed by atoms with Gasteiger partial charge >= 0.3 is 0 Å².